The van der Waals surface area contributed by atoms with E-state index in [2.05, 4.69) is 57.3 Å². The molecule has 0 bridgehead atoms. The number of sulfone groups is 1. The number of nitrogens with zero attached hydrogens (tertiary/aromatic N) is 3. The molecular weight excluding hydrogens is 518 g/mol. The van der Waals surface area contributed by atoms with E-state index < -0.39 is 27.2 Å². The molecule has 2 aromatic carbocycles. The van der Waals surface area contributed by atoms with Crippen LogP contribution in [0.3, 0.4) is 0 Å². The summed E-state index contributed by atoms with van der Waals surface area (Å²) in [6.45, 7) is 6.43. The third-order valence-corrected chi connectivity index (χ3v) is 7.69. The van der Waals surface area contributed by atoms with Gasteiger partial charge in [0.15, 0.2) is 9.84 Å². The minimum absolute atomic E-state index is 0.0313. The first-order chi connectivity index (χ1) is 18.4. The summed E-state index contributed by atoms with van der Waals surface area (Å²) in [5.41, 5.74) is 0.892. The number of aromatic nitrogens is 4. The third kappa shape index (κ3) is 6.23. The Balaban J connectivity index is 1.61. The van der Waals surface area contributed by atoms with E-state index in [0.29, 0.717) is 5.69 Å². The van der Waals surface area contributed by atoms with E-state index in [0.717, 1.165) is 17.4 Å². The molecule has 4 rings (SSSR count). The second-order valence-electron chi connectivity index (χ2n) is 10.4. The average molecular weight is 550 g/mol. The molecule has 2 unspecified atom stereocenters. The van der Waals surface area contributed by atoms with Gasteiger partial charge in [0.25, 0.3) is 5.95 Å². The Morgan fingerprint density at radius 3 is 2.44 bits per heavy atom. The maximum Gasteiger partial charge on any atom is 0.319 e. The lowest BCUT2D eigenvalue weighted by Crippen LogP contribution is -2.49. The van der Waals surface area contributed by atoms with Crippen LogP contribution in [0.25, 0.3) is 0 Å². The van der Waals surface area contributed by atoms with Gasteiger partial charge in [0, 0.05) is 24.4 Å². The predicted octanol–water partition coefficient (Wildman–Crippen LogP) is 3.34. The Labute approximate surface area is 227 Å². The van der Waals surface area contributed by atoms with Crippen molar-refractivity contribution in [2.75, 3.05) is 23.4 Å². The summed E-state index contributed by atoms with van der Waals surface area (Å²) in [6, 6.07) is 13.3. The predicted molar refractivity (Wildman–Crippen MR) is 148 cm³/mol. The summed E-state index contributed by atoms with van der Waals surface area (Å²) in [4.78, 5) is 26.7. The number of nitrogens with one attached hydrogen (secondary N) is 4. The lowest BCUT2D eigenvalue weighted by atomic mass is 9.67. The highest BCUT2D eigenvalue weighted by atomic mass is 32.2. The highest BCUT2D eigenvalue weighted by molar-refractivity contribution is 7.90. The van der Waals surface area contributed by atoms with Crippen LogP contribution in [0.2, 0.25) is 0 Å². The van der Waals surface area contributed by atoms with Crippen LogP contribution < -0.4 is 16.0 Å². The molecule has 1 aromatic heterocycles. The standard InChI is InChI=1S/C27H31N7O4S/c1-26(2,3)18-11-13-19(14-12-18)27(23(35)30-24-31-33-34-32-24)15-6-5-8-20(27)17-28-25(36)29-21-9-7-10-22(16-21)39(4,37)38/h5-16,20H,17H2,1-4H3,(H2,28,29,36)(H2,30,31,32,33,34,35). The highest BCUT2D eigenvalue weighted by Gasteiger charge is 2.45. The zero-order chi connectivity index (χ0) is 28.3. The Hall–Kier alpha value is -4.32. The van der Waals surface area contributed by atoms with E-state index in [4.69, 9.17) is 0 Å². The maximum absolute atomic E-state index is 13.8. The van der Waals surface area contributed by atoms with Crippen molar-refractivity contribution in [3.63, 3.8) is 0 Å². The minimum atomic E-state index is -3.43. The number of anilines is 2. The van der Waals surface area contributed by atoms with Gasteiger partial charge in [0.05, 0.1) is 4.90 Å². The summed E-state index contributed by atoms with van der Waals surface area (Å²) < 4.78 is 23.7. The summed E-state index contributed by atoms with van der Waals surface area (Å²) in [5, 5.41) is 21.7. The number of hydrogen-bond donors (Lipinski definition) is 4. The molecule has 0 radical (unpaired) electrons. The number of aromatic amines is 1. The first-order valence-electron chi connectivity index (χ1n) is 12.3. The van der Waals surface area contributed by atoms with Gasteiger partial charge in [-0.1, -0.05) is 80.5 Å². The van der Waals surface area contributed by atoms with E-state index in [9.17, 15) is 18.0 Å². The first-order valence-corrected chi connectivity index (χ1v) is 14.2. The molecule has 1 aliphatic carbocycles. The molecular formula is C27H31N7O4S. The van der Waals surface area contributed by atoms with Gasteiger partial charge in [0.1, 0.15) is 5.41 Å². The Kier molecular flexibility index (Phi) is 7.68. The lowest BCUT2D eigenvalue weighted by molar-refractivity contribution is -0.121. The summed E-state index contributed by atoms with van der Waals surface area (Å²) >= 11 is 0. The van der Waals surface area contributed by atoms with Crippen molar-refractivity contribution < 1.29 is 18.0 Å². The topological polar surface area (TPSA) is 159 Å². The highest BCUT2D eigenvalue weighted by Crippen LogP contribution is 2.39. The average Bonchev–Trinajstić information content (AvgIpc) is 3.40. The molecule has 4 N–H and O–H groups in total. The number of H-pyrrole nitrogens is 1. The largest absolute Gasteiger partial charge is 0.337 e. The Morgan fingerprint density at radius 2 is 1.79 bits per heavy atom. The van der Waals surface area contributed by atoms with Gasteiger partial charge in [0.2, 0.25) is 5.91 Å². The number of rotatable bonds is 7. The molecule has 3 amide bonds. The van der Waals surface area contributed by atoms with Crippen molar-refractivity contribution in [3.8, 4) is 0 Å². The summed E-state index contributed by atoms with van der Waals surface area (Å²) in [7, 11) is -3.43. The molecule has 1 heterocycles. The van der Waals surface area contributed by atoms with Crippen molar-refractivity contribution in [2.45, 2.75) is 36.5 Å². The van der Waals surface area contributed by atoms with Crippen molar-refractivity contribution in [2.24, 2.45) is 5.92 Å². The quantitative estimate of drug-likeness (QED) is 0.352. The number of benzene rings is 2. The van der Waals surface area contributed by atoms with E-state index >= 15 is 0 Å². The number of amides is 3. The molecule has 204 valence electrons. The molecule has 3 aromatic rings. The second-order valence-corrected chi connectivity index (χ2v) is 12.4. The van der Waals surface area contributed by atoms with Gasteiger partial charge in [-0.05, 0) is 40.0 Å². The van der Waals surface area contributed by atoms with Gasteiger partial charge >= 0.3 is 6.03 Å². The van der Waals surface area contributed by atoms with Crippen LogP contribution in [-0.2, 0) is 25.5 Å². The van der Waals surface area contributed by atoms with E-state index in [-0.39, 0.29) is 28.7 Å². The number of carbonyl (C=O) groups is 2. The van der Waals surface area contributed by atoms with Crippen LogP contribution in [0.1, 0.15) is 31.9 Å². The molecule has 39 heavy (non-hydrogen) atoms. The molecule has 0 spiro atoms. The van der Waals surface area contributed by atoms with Crippen LogP contribution in [-0.4, -0.2) is 53.8 Å². The monoisotopic (exact) mass is 549 g/mol. The molecule has 12 heteroatoms. The van der Waals surface area contributed by atoms with Gasteiger partial charge in [-0.15, -0.1) is 5.10 Å². The third-order valence-electron chi connectivity index (χ3n) is 6.58. The van der Waals surface area contributed by atoms with E-state index in [1.807, 2.05) is 36.4 Å². The fourth-order valence-electron chi connectivity index (χ4n) is 4.44. The SMILES string of the molecule is CC(C)(C)c1ccc(C2(C(=O)Nc3nn[nH]n3)C=CC=CC2CNC(=O)Nc2cccc(S(C)(=O)=O)c2)cc1. The molecule has 0 saturated heterocycles. The van der Waals surface area contributed by atoms with E-state index in [1.165, 1.54) is 12.1 Å². The zero-order valence-corrected chi connectivity index (χ0v) is 22.9. The fourth-order valence-corrected chi connectivity index (χ4v) is 5.11. The molecule has 0 aliphatic heterocycles. The molecule has 1 aliphatic rings. The van der Waals surface area contributed by atoms with Crippen LogP contribution in [0.15, 0.2) is 77.7 Å². The Bertz CT molecular complexity index is 1510. The summed E-state index contributed by atoms with van der Waals surface area (Å²) in [6.07, 6.45) is 8.37. The second kappa shape index (κ2) is 10.8. The van der Waals surface area contributed by atoms with Gasteiger partial charge in [-0.25, -0.2) is 13.2 Å². The van der Waals surface area contributed by atoms with Crippen molar-refractivity contribution in [1.29, 1.82) is 0 Å². The van der Waals surface area contributed by atoms with Gasteiger partial charge in [-0.2, -0.15) is 5.21 Å². The number of carbonyl (C=O) groups excluding carboxylic acids is 2. The molecule has 11 nitrogen and oxygen atoms in total. The molecule has 0 saturated carbocycles. The maximum atomic E-state index is 13.8. The molecule has 0 fully saturated rings. The fraction of sp³-hybridized carbons (Fsp3) is 0.296. The number of allylic oxidation sites excluding steroid dienone is 2. The zero-order valence-electron chi connectivity index (χ0n) is 22.1. The summed E-state index contributed by atoms with van der Waals surface area (Å²) in [5.74, 6) is -0.840. The van der Waals surface area contributed by atoms with Crippen molar-refractivity contribution in [1.82, 2.24) is 25.9 Å². The smallest absolute Gasteiger partial charge is 0.319 e. The lowest BCUT2D eigenvalue weighted by Gasteiger charge is -2.38. The normalized spacial score (nSPS) is 18.9. The van der Waals surface area contributed by atoms with Crippen molar-refractivity contribution >= 4 is 33.4 Å². The van der Waals surface area contributed by atoms with E-state index in [1.54, 1.807) is 24.3 Å². The number of hydrogen-bond acceptors (Lipinski definition) is 7. The van der Waals surface area contributed by atoms with Gasteiger partial charge in [-0.3, -0.25) is 10.1 Å². The Morgan fingerprint density at radius 1 is 1.05 bits per heavy atom. The molecule has 2 atom stereocenters. The van der Waals surface area contributed by atoms with Crippen molar-refractivity contribution in [3.05, 3.63) is 84.0 Å². The minimum Gasteiger partial charge on any atom is -0.337 e. The van der Waals surface area contributed by atoms with Crippen LogP contribution >= 0.6 is 0 Å². The number of tetrazole rings is 1. The van der Waals surface area contributed by atoms with Crippen LogP contribution in [0, 0.1) is 5.92 Å². The van der Waals surface area contributed by atoms with Crippen LogP contribution in [0.4, 0.5) is 16.4 Å². The number of urea groups is 1. The van der Waals surface area contributed by atoms with Crippen LogP contribution in [0.5, 0.6) is 0 Å². The van der Waals surface area contributed by atoms with Gasteiger partial charge < -0.3 is 10.6 Å². The first kappa shape index (κ1) is 27.7.